The summed E-state index contributed by atoms with van der Waals surface area (Å²) in [6, 6.07) is 0. The highest BCUT2D eigenvalue weighted by atomic mass is 16.6. The molecule has 0 N–H and O–H groups in total. The number of unbranched alkanes of at least 4 members (excludes halogenated alkanes) is 40. The van der Waals surface area contributed by atoms with Gasteiger partial charge in [-0.1, -0.05) is 276 Å². The topological polar surface area (TPSA) is 78.9 Å². The maximum Gasteiger partial charge on any atom is 0.306 e. The minimum absolute atomic E-state index is 0.0752. The van der Waals surface area contributed by atoms with Gasteiger partial charge in [-0.3, -0.25) is 14.4 Å². The monoisotopic (exact) mass is 983 g/mol. The van der Waals surface area contributed by atoms with Gasteiger partial charge in [-0.05, 0) is 77.0 Å². The molecule has 6 nitrogen and oxygen atoms in total. The van der Waals surface area contributed by atoms with Crippen LogP contribution in [0.25, 0.3) is 0 Å². The molecule has 0 heterocycles. The molecule has 0 aromatic carbocycles. The van der Waals surface area contributed by atoms with Crippen LogP contribution in [0.3, 0.4) is 0 Å². The standard InChI is InChI=1S/C64H118O6/c1-4-7-10-13-16-19-22-25-28-30-32-34-36-39-42-45-48-51-54-57-63(66)69-60-61(59-68-62(65)56-53-50-47-44-41-38-35-27-24-21-18-15-12-9-6-3)70-64(67)58-55-52-49-46-43-40-37-33-31-29-26-23-20-17-14-11-8-5-2/h18,21,27,30,32,35,61H,4-17,19-20,22-26,28-29,31,33-34,36-60H2,1-3H3/b21-18-,32-30-,35-27-/t61-/m1/s1. The third-order valence-electron chi connectivity index (χ3n) is 13.9. The van der Waals surface area contributed by atoms with Crippen molar-refractivity contribution in [3.05, 3.63) is 36.5 Å². The fraction of sp³-hybridized carbons (Fsp3) is 0.859. The second-order valence-electron chi connectivity index (χ2n) is 21.0. The first kappa shape index (κ1) is 67.6. The van der Waals surface area contributed by atoms with Crippen molar-refractivity contribution >= 4 is 17.9 Å². The zero-order chi connectivity index (χ0) is 50.7. The van der Waals surface area contributed by atoms with Crippen LogP contribution in [0.2, 0.25) is 0 Å². The van der Waals surface area contributed by atoms with Crippen molar-refractivity contribution < 1.29 is 28.6 Å². The molecular weight excluding hydrogens is 865 g/mol. The molecule has 0 amide bonds. The van der Waals surface area contributed by atoms with Crippen LogP contribution in [0.5, 0.6) is 0 Å². The van der Waals surface area contributed by atoms with E-state index in [9.17, 15) is 14.4 Å². The highest BCUT2D eigenvalue weighted by Gasteiger charge is 2.19. The number of carbonyl (C=O) groups is 3. The van der Waals surface area contributed by atoms with E-state index in [0.29, 0.717) is 19.3 Å². The Morgan fingerprint density at radius 1 is 0.286 bits per heavy atom. The Hall–Kier alpha value is -2.37. The largest absolute Gasteiger partial charge is 0.462 e. The molecule has 0 aliphatic rings. The Balaban J connectivity index is 4.34. The summed E-state index contributed by atoms with van der Waals surface area (Å²) in [5.74, 6) is -0.871. The molecular formula is C64H118O6. The van der Waals surface area contributed by atoms with Crippen molar-refractivity contribution in [3.63, 3.8) is 0 Å². The van der Waals surface area contributed by atoms with Crippen molar-refractivity contribution in [1.29, 1.82) is 0 Å². The van der Waals surface area contributed by atoms with Gasteiger partial charge in [0.2, 0.25) is 0 Å². The van der Waals surface area contributed by atoms with Crippen LogP contribution in [-0.4, -0.2) is 37.2 Å². The molecule has 0 unspecified atom stereocenters. The lowest BCUT2D eigenvalue weighted by atomic mass is 10.0. The molecule has 0 bridgehead atoms. The smallest absolute Gasteiger partial charge is 0.306 e. The summed E-state index contributed by atoms with van der Waals surface area (Å²) in [6.45, 7) is 6.65. The van der Waals surface area contributed by atoms with Crippen LogP contribution < -0.4 is 0 Å². The van der Waals surface area contributed by atoms with Crippen molar-refractivity contribution in [2.45, 2.75) is 341 Å². The molecule has 0 saturated carbocycles. The van der Waals surface area contributed by atoms with E-state index in [4.69, 9.17) is 14.2 Å². The molecule has 0 radical (unpaired) electrons. The van der Waals surface area contributed by atoms with Gasteiger partial charge in [0.05, 0.1) is 0 Å². The van der Waals surface area contributed by atoms with Crippen LogP contribution in [0.4, 0.5) is 0 Å². The molecule has 0 fully saturated rings. The van der Waals surface area contributed by atoms with Gasteiger partial charge >= 0.3 is 17.9 Å². The molecule has 6 heteroatoms. The van der Waals surface area contributed by atoms with Crippen molar-refractivity contribution in [2.75, 3.05) is 13.2 Å². The molecule has 0 spiro atoms. The van der Waals surface area contributed by atoms with E-state index in [-0.39, 0.29) is 31.1 Å². The molecule has 410 valence electrons. The van der Waals surface area contributed by atoms with E-state index in [1.165, 1.54) is 218 Å². The highest BCUT2D eigenvalue weighted by molar-refractivity contribution is 5.71. The minimum atomic E-state index is -0.777. The molecule has 1 atom stereocenters. The Morgan fingerprint density at radius 3 is 0.829 bits per heavy atom. The van der Waals surface area contributed by atoms with Gasteiger partial charge in [0.15, 0.2) is 6.10 Å². The SMILES string of the molecule is CCCCC/C=C\C/C=C\CCCCCCCC(=O)OC[C@H](COC(=O)CCCCCCCCC/C=C\CCCCCCCCCC)OC(=O)CCCCCCCCCCCCCCCCCCCC. The number of rotatable bonds is 57. The summed E-state index contributed by atoms with van der Waals surface area (Å²) in [6.07, 6.45) is 71.4. The van der Waals surface area contributed by atoms with Crippen LogP contribution >= 0.6 is 0 Å². The first-order valence-electron chi connectivity index (χ1n) is 31.0. The lowest BCUT2D eigenvalue weighted by Crippen LogP contribution is -2.30. The Kier molecular flexibility index (Phi) is 57.2. The summed E-state index contributed by atoms with van der Waals surface area (Å²) in [5.41, 5.74) is 0. The number of carbonyl (C=O) groups excluding carboxylic acids is 3. The van der Waals surface area contributed by atoms with Crippen LogP contribution in [0, 0.1) is 0 Å². The van der Waals surface area contributed by atoms with Gasteiger partial charge in [0.25, 0.3) is 0 Å². The molecule has 0 aromatic rings. The number of ether oxygens (including phenoxy) is 3. The summed E-state index contributed by atoms with van der Waals surface area (Å²) in [5, 5.41) is 0. The molecule has 0 rings (SSSR count). The number of esters is 3. The van der Waals surface area contributed by atoms with Crippen molar-refractivity contribution in [1.82, 2.24) is 0 Å². The van der Waals surface area contributed by atoms with E-state index in [0.717, 1.165) is 77.0 Å². The van der Waals surface area contributed by atoms with Gasteiger partial charge in [0, 0.05) is 19.3 Å². The normalized spacial score (nSPS) is 12.2. The Morgan fingerprint density at radius 2 is 0.514 bits per heavy atom. The van der Waals surface area contributed by atoms with Crippen molar-refractivity contribution in [3.8, 4) is 0 Å². The fourth-order valence-electron chi connectivity index (χ4n) is 9.18. The fourth-order valence-corrected chi connectivity index (χ4v) is 9.18. The second kappa shape index (κ2) is 59.2. The average molecular weight is 984 g/mol. The van der Waals surface area contributed by atoms with Crippen LogP contribution in [0.15, 0.2) is 36.5 Å². The molecule has 0 aliphatic heterocycles. The second-order valence-corrected chi connectivity index (χ2v) is 21.0. The summed E-state index contributed by atoms with van der Waals surface area (Å²) < 4.78 is 16.9. The lowest BCUT2D eigenvalue weighted by Gasteiger charge is -2.18. The molecule has 0 saturated heterocycles. The predicted molar refractivity (Wildman–Crippen MR) is 302 cm³/mol. The minimum Gasteiger partial charge on any atom is -0.462 e. The van der Waals surface area contributed by atoms with Gasteiger partial charge < -0.3 is 14.2 Å². The van der Waals surface area contributed by atoms with Crippen LogP contribution in [-0.2, 0) is 28.6 Å². The number of allylic oxidation sites excluding steroid dienone is 6. The predicted octanol–water partition coefficient (Wildman–Crippen LogP) is 20.8. The average Bonchev–Trinajstić information content (AvgIpc) is 3.36. The quantitative estimate of drug-likeness (QED) is 0.0261. The molecule has 0 aliphatic carbocycles. The Labute approximate surface area is 435 Å². The Bertz CT molecular complexity index is 1170. The van der Waals surface area contributed by atoms with E-state index in [1.807, 2.05) is 0 Å². The summed E-state index contributed by atoms with van der Waals surface area (Å²) in [4.78, 5) is 38.3. The maximum absolute atomic E-state index is 12.9. The van der Waals surface area contributed by atoms with E-state index in [2.05, 4.69) is 57.2 Å². The molecule has 0 aromatic heterocycles. The van der Waals surface area contributed by atoms with Gasteiger partial charge in [-0.2, -0.15) is 0 Å². The van der Waals surface area contributed by atoms with E-state index >= 15 is 0 Å². The maximum atomic E-state index is 12.9. The van der Waals surface area contributed by atoms with E-state index in [1.54, 1.807) is 0 Å². The number of hydrogen-bond donors (Lipinski definition) is 0. The molecule has 70 heavy (non-hydrogen) atoms. The van der Waals surface area contributed by atoms with Gasteiger partial charge in [-0.25, -0.2) is 0 Å². The van der Waals surface area contributed by atoms with Crippen LogP contribution in [0.1, 0.15) is 335 Å². The summed E-state index contributed by atoms with van der Waals surface area (Å²) >= 11 is 0. The first-order valence-corrected chi connectivity index (χ1v) is 31.0. The summed E-state index contributed by atoms with van der Waals surface area (Å²) in [7, 11) is 0. The van der Waals surface area contributed by atoms with Crippen molar-refractivity contribution in [2.24, 2.45) is 0 Å². The van der Waals surface area contributed by atoms with Gasteiger partial charge in [0.1, 0.15) is 13.2 Å². The third kappa shape index (κ3) is 56.5. The first-order chi connectivity index (χ1) is 34.5. The van der Waals surface area contributed by atoms with E-state index < -0.39 is 6.10 Å². The number of hydrogen-bond acceptors (Lipinski definition) is 6. The highest BCUT2D eigenvalue weighted by Crippen LogP contribution is 2.17. The zero-order valence-electron chi connectivity index (χ0n) is 47.1. The van der Waals surface area contributed by atoms with Gasteiger partial charge in [-0.15, -0.1) is 0 Å². The zero-order valence-corrected chi connectivity index (χ0v) is 47.1. The lowest BCUT2D eigenvalue weighted by molar-refractivity contribution is -0.167. The third-order valence-corrected chi connectivity index (χ3v) is 13.9.